The summed E-state index contributed by atoms with van der Waals surface area (Å²) in [4.78, 5) is 52.1. The predicted octanol–water partition coefficient (Wildman–Crippen LogP) is 2.69. The number of amides is 3. The van der Waals surface area contributed by atoms with Crippen molar-refractivity contribution >= 4 is 23.9 Å². The van der Waals surface area contributed by atoms with Gasteiger partial charge in [0, 0.05) is 18.5 Å². The van der Waals surface area contributed by atoms with E-state index in [0.717, 1.165) is 0 Å². The van der Waals surface area contributed by atoms with Gasteiger partial charge in [0.25, 0.3) is 0 Å². The van der Waals surface area contributed by atoms with Crippen molar-refractivity contribution in [2.24, 2.45) is 11.3 Å². The van der Waals surface area contributed by atoms with Crippen LogP contribution in [0.25, 0.3) is 0 Å². The van der Waals surface area contributed by atoms with E-state index >= 15 is 0 Å². The summed E-state index contributed by atoms with van der Waals surface area (Å²) < 4.78 is 10.7. The number of rotatable bonds is 6. The van der Waals surface area contributed by atoms with Crippen LogP contribution in [-0.4, -0.2) is 55.1 Å². The summed E-state index contributed by atoms with van der Waals surface area (Å²) >= 11 is 0. The number of likely N-dealkylation sites (tertiary alicyclic amines) is 1. The minimum atomic E-state index is -0.727. The number of piperidine rings is 1. The molecule has 0 unspecified atom stereocenters. The first-order valence-electron chi connectivity index (χ1n) is 11.6. The molecule has 0 aromatic heterocycles. The molecule has 9 heteroatoms. The third-order valence-electron chi connectivity index (χ3n) is 5.90. The summed E-state index contributed by atoms with van der Waals surface area (Å²) in [5.74, 6) is -1.29. The lowest BCUT2D eigenvalue weighted by molar-refractivity contribution is -0.152. The molecule has 0 aliphatic carbocycles. The normalized spacial score (nSPS) is 19.2. The molecule has 184 valence electrons. The van der Waals surface area contributed by atoms with E-state index in [0.29, 0.717) is 31.5 Å². The van der Waals surface area contributed by atoms with E-state index in [-0.39, 0.29) is 36.3 Å². The largest absolute Gasteiger partial charge is 0.463 e. The fraction of sp³-hybridized carbons (Fsp3) is 0.520. The van der Waals surface area contributed by atoms with E-state index in [9.17, 15) is 19.2 Å². The summed E-state index contributed by atoms with van der Waals surface area (Å²) in [7, 11) is 0. The maximum Gasteiger partial charge on any atom is 0.338 e. The van der Waals surface area contributed by atoms with Gasteiger partial charge in [-0.15, -0.1) is 0 Å². The first-order valence-corrected chi connectivity index (χ1v) is 11.6. The Morgan fingerprint density at radius 2 is 1.71 bits per heavy atom. The fourth-order valence-corrected chi connectivity index (χ4v) is 4.13. The molecule has 34 heavy (non-hydrogen) atoms. The summed E-state index contributed by atoms with van der Waals surface area (Å²) in [5, 5.41) is 5.34. The van der Waals surface area contributed by atoms with Crippen molar-refractivity contribution in [3.8, 4) is 0 Å². The predicted molar refractivity (Wildman–Crippen MR) is 124 cm³/mol. The number of hydrogen-bond acceptors (Lipinski definition) is 6. The van der Waals surface area contributed by atoms with E-state index in [1.165, 1.54) is 0 Å². The molecular weight excluding hydrogens is 438 g/mol. The molecule has 0 bridgehead atoms. The number of urea groups is 1. The fourth-order valence-electron chi connectivity index (χ4n) is 4.13. The molecule has 1 aromatic rings. The lowest BCUT2D eigenvalue weighted by atomic mass is 9.91. The van der Waals surface area contributed by atoms with Crippen LogP contribution in [0.1, 0.15) is 52.1 Å². The van der Waals surface area contributed by atoms with Crippen molar-refractivity contribution in [2.45, 2.75) is 46.6 Å². The Morgan fingerprint density at radius 1 is 1.06 bits per heavy atom. The van der Waals surface area contributed by atoms with Crippen LogP contribution in [0, 0.1) is 11.3 Å². The monoisotopic (exact) mass is 471 g/mol. The molecule has 2 heterocycles. The Labute approximate surface area is 199 Å². The van der Waals surface area contributed by atoms with Crippen LogP contribution >= 0.6 is 0 Å². The van der Waals surface area contributed by atoms with Gasteiger partial charge in [-0.05, 0) is 25.3 Å². The second-order valence-electron chi connectivity index (χ2n) is 9.48. The molecule has 1 saturated heterocycles. The summed E-state index contributed by atoms with van der Waals surface area (Å²) in [6.45, 7) is 8.21. The maximum absolute atomic E-state index is 12.8. The van der Waals surface area contributed by atoms with Crippen molar-refractivity contribution in [3.63, 3.8) is 0 Å². The van der Waals surface area contributed by atoms with Gasteiger partial charge in [0.2, 0.25) is 5.91 Å². The van der Waals surface area contributed by atoms with Crippen LogP contribution in [0.3, 0.4) is 0 Å². The Bertz CT molecular complexity index is 959. The molecule has 9 nitrogen and oxygen atoms in total. The van der Waals surface area contributed by atoms with Gasteiger partial charge in [0.05, 0.1) is 29.8 Å². The van der Waals surface area contributed by atoms with Gasteiger partial charge in [-0.1, -0.05) is 51.1 Å². The van der Waals surface area contributed by atoms with Crippen molar-refractivity contribution in [3.05, 3.63) is 47.2 Å². The number of esters is 2. The van der Waals surface area contributed by atoms with Crippen molar-refractivity contribution in [1.82, 2.24) is 15.5 Å². The Kier molecular flexibility index (Phi) is 7.96. The van der Waals surface area contributed by atoms with E-state index < -0.39 is 29.4 Å². The molecule has 1 atom stereocenters. The van der Waals surface area contributed by atoms with Crippen LogP contribution in [0.2, 0.25) is 0 Å². The number of hydrogen-bond donors (Lipinski definition) is 2. The lowest BCUT2D eigenvalue weighted by Crippen LogP contribution is -2.47. The molecule has 1 fully saturated rings. The number of benzene rings is 1. The molecule has 2 aliphatic heterocycles. The van der Waals surface area contributed by atoms with Gasteiger partial charge in [-0.2, -0.15) is 0 Å². The SMILES string of the molecule is CCOC(=O)C1=C(COC(=O)C2CCN(C(=O)C(C)(C)C)CC2)NC(=O)N[C@@H]1c1ccccc1. The zero-order valence-electron chi connectivity index (χ0n) is 20.2. The first kappa shape index (κ1) is 25.3. The highest BCUT2D eigenvalue weighted by Gasteiger charge is 2.36. The molecule has 0 spiro atoms. The molecular formula is C25H33N3O6. The number of ether oxygens (including phenoxy) is 2. The topological polar surface area (TPSA) is 114 Å². The minimum absolute atomic E-state index is 0.0629. The minimum Gasteiger partial charge on any atom is -0.463 e. The molecule has 2 N–H and O–H groups in total. The highest BCUT2D eigenvalue weighted by molar-refractivity contribution is 5.95. The van der Waals surface area contributed by atoms with Gasteiger partial charge in [-0.25, -0.2) is 9.59 Å². The number of nitrogens with one attached hydrogen (secondary N) is 2. The average molecular weight is 472 g/mol. The van der Waals surface area contributed by atoms with Crippen LogP contribution in [0.5, 0.6) is 0 Å². The first-order chi connectivity index (χ1) is 16.1. The highest BCUT2D eigenvalue weighted by Crippen LogP contribution is 2.29. The van der Waals surface area contributed by atoms with Gasteiger partial charge in [-0.3, -0.25) is 9.59 Å². The zero-order chi connectivity index (χ0) is 24.9. The van der Waals surface area contributed by atoms with Gasteiger partial charge in [0.1, 0.15) is 6.61 Å². The standard InChI is InChI=1S/C25H33N3O6/c1-5-33-22(30)19-18(26-24(32)27-20(19)16-9-7-6-8-10-16)15-34-21(29)17-11-13-28(14-12-17)23(31)25(2,3)4/h6-10,17,20H,5,11-15H2,1-4H3,(H2,26,27,32)/t20-/m1/s1. The summed E-state index contributed by atoms with van der Waals surface area (Å²) in [6.07, 6.45) is 1.01. The van der Waals surface area contributed by atoms with Gasteiger partial charge >= 0.3 is 18.0 Å². The van der Waals surface area contributed by atoms with Crippen LogP contribution in [-0.2, 0) is 23.9 Å². The summed E-state index contributed by atoms with van der Waals surface area (Å²) in [5.41, 5.74) is 0.641. The second kappa shape index (κ2) is 10.7. The summed E-state index contributed by atoms with van der Waals surface area (Å²) in [6, 6.07) is 7.82. The maximum atomic E-state index is 12.8. The third kappa shape index (κ3) is 5.95. The van der Waals surface area contributed by atoms with Gasteiger partial charge < -0.3 is 25.0 Å². The van der Waals surface area contributed by atoms with Crippen molar-refractivity contribution in [1.29, 1.82) is 0 Å². The average Bonchev–Trinajstić information content (AvgIpc) is 2.81. The Balaban J connectivity index is 1.71. The van der Waals surface area contributed by atoms with Crippen LogP contribution < -0.4 is 10.6 Å². The lowest BCUT2D eigenvalue weighted by Gasteiger charge is -2.35. The third-order valence-corrected chi connectivity index (χ3v) is 5.90. The molecule has 3 rings (SSSR count). The highest BCUT2D eigenvalue weighted by atomic mass is 16.5. The number of carbonyl (C=O) groups excluding carboxylic acids is 4. The Hall–Kier alpha value is -3.36. The second-order valence-corrected chi connectivity index (χ2v) is 9.48. The van der Waals surface area contributed by atoms with E-state index in [1.807, 2.05) is 39.0 Å². The van der Waals surface area contributed by atoms with Crippen molar-refractivity contribution in [2.75, 3.05) is 26.3 Å². The smallest absolute Gasteiger partial charge is 0.338 e. The molecule has 2 aliphatic rings. The number of nitrogens with zero attached hydrogens (tertiary/aromatic N) is 1. The van der Waals surface area contributed by atoms with E-state index in [1.54, 1.807) is 24.0 Å². The quantitative estimate of drug-likeness (QED) is 0.617. The van der Waals surface area contributed by atoms with Gasteiger partial charge in [0.15, 0.2) is 0 Å². The van der Waals surface area contributed by atoms with Crippen molar-refractivity contribution < 1.29 is 28.7 Å². The number of carbonyl (C=O) groups is 4. The molecule has 0 saturated carbocycles. The molecule has 0 radical (unpaired) electrons. The molecule has 1 aromatic carbocycles. The van der Waals surface area contributed by atoms with Crippen LogP contribution in [0.15, 0.2) is 41.6 Å². The Morgan fingerprint density at radius 3 is 2.29 bits per heavy atom. The zero-order valence-corrected chi connectivity index (χ0v) is 20.2. The molecule has 3 amide bonds. The van der Waals surface area contributed by atoms with E-state index in [4.69, 9.17) is 9.47 Å². The van der Waals surface area contributed by atoms with Crippen LogP contribution in [0.4, 0.5) is 4.79 Å². The van der Waals surface area contributed by atoms with E-state index in [2.05, 4.69) is 10.6 Å².